The second-order valence-electron chi connectivity index (χ2n) is 5.32. The third-order valence-electron chi connectivity index (χ3n) is 3.45. The van der Waals surface area contributed by atoms with Crippen LogP contribution in [0.15, 0.2) is 47.6 Å². The number of nitro groups is 1. The highest BCUT2D eigenvalue weighted by molar-refractivity contribution is 7.99. The van der Waals surface area contributed by atoms with Gasteiger partial charge in [-0.25, -0.2) is 5.43 Å². The predicted octanol–water partition coefficient (Wildman–Crippen LogP) is 2.71. The summed E-state index contributed by atoms with van der Waals surface area (Å²) in [5.41, 5.74) is 4.21. The third kappa shape index (κ3) is 4.73. The van der Waals surface area contributed by atoms with Crippen molar-refractivity contribution in [3.8, 4) is 11.5 Å². The van der Waals surface area contributed by atoms with Gasteiger partial charge in [0.2, 0.25) is 12.7 Å². The van der Waals surface area contributed by atoms with Crippen LogP contribution in [0.4, 0.5) is 5.69 Å². The van der Waals surface area contributed by atoms with E-state index in [1.165, 1.54) is 30.1 Å². The maximum absolute atomic E-state index is 11.8. The summed E-state index contributed by atoms with van der Waals surface area (Å²) < 4.78 is 10.5. The van der Waals surface area contributed by atoms with E-state index in [9.17, 15) is 14.9 Å². The minimum absolute atomic E-state index is 0.0503. The number of non-ortho nitro benzene ring substituents is 1. The number of hydrogen-bond donors (Lipinski definition) is 1. The van der Waals surface area contributed by atoms with Crippen molar-refractivity contribution in [1.82, 2.24) is 5.43 Å². The molecule has 0 fully saturated rings. The predicted molar refractivity (Wildman–Crippen MR) is 97.6 cm³/mol. The Morgan fingerprint density at radius 1 is 1.23 bits per heavy atom. The second kappa shape index (κ2) is 8.34. The first-order valence-corrected chi connectivity index (χ1v) is 8.80. The molecule has 0 aromatic heterocycles. The molecule has 0 saturated heterocycles. The summed E-state index contributed by atoms with van der Waals surface area (Å²) in [4.78, 5) is 21.9. The zero-order chi connectivity index (χ0) is 18.4. The fraction of sp³-hybridized carbons (Fsp3) is 0.176. The van der Waals surface area contributed by atoms with Gasteiger partial charge in [-0.15, -0.1) is 11.8 Å². The van der Waals surface area contributed by atoms with Gasteiger partial charge in [-0.05, 0) is 29.3 Å². The molecule has 1 heterocycles. The van der Waals surface area contributed by atoms with E-state index in [2.05, 4.69) is 10.5 Å². The number of fused-ring (bicyclic) bond motifs is 1. The van der Waals surface area contributed by atoms with E-state index in [0.29, 0.717) is 17.3 Å². The molecular weight excluding hydrogens is 358 g/mol. The molecule has 0 atom stereocenters. The number of amides is 1. The summed E-state index contributed by atoms with van der Waals surface area (Å²) >= 11 is 1.40. The summed E-state index contributed by atoms with van der Waals surface area (Å²) in [7, 11) is 0. The van der Waals surface area contributed by atoms with Gasteiger partial charge in [0.05, 0.1) is 16.9 Å². The fourth-order valence-electron chi connectivity index (χ4n) is 2.18. The zero-order valence-corrected chi connectivity index (χ0v) is 14.4. The van der Waals surface area contributed by atoms with Crippen LogP contribution in [-0.2, 0) is 10.5 Å². The first-order chi connectivity index (χ1) is 12.6. The third-order valence-corrected chi connectivity index (χ3v) is 4.45. The number of hydrazone groups is 1. The molecule has 0 aliphatic carbocycles. The van der Waals surface area contributed by atoms with Crippen LogP contribution < -0.4 is 14.9 Å². The van der Waals surface area contributed by atoms with Gasteiger partial charge < -0.3 is 9.47 Å². The lowest BCUT2D eigenvalue weighted by molar-refractivity contribution is -0.384. The minimum atomic E-state index is -0.442. The molecule has 2 aromatic carbocycles. The van der Waals surface area contributed by atoms with Crippen LogP contribution in [0.1, 0.15) is 11.1 Å². The average molecular weight is 373 g/mol. The Balaban J connectivity index is 1.40. The molecule has 0 spiro atoms. The summed E-state index contributed by atoms with van der Waals surface area (Å²) in [5.74, 6) is 1.92. The molecule has 1 N–H and O–H groups in total. The lowest BCUT2D eigenvalue weighted by Crippen LogP contribution is -2.19. The molecular formula is C17H15N3O5S. The zero-order valence-electron chi connectivity index (χ0n) is 13.6. The molecule has 8 nitrogen and oxygen atoms in total. The molecule has 0 radical (unpaired) electrons. The number of rotatable bonds is 7. The number of thioether (sulfide) groups is 1. The van der Waals surface area contributed by atoms with Gasteiger partial charge in [0, 0.05) is 17.9 Å². The van der Waals surface area contributed by atoms with Crippen molar-refractivity contribution in [2.45, 2.75) is 5.75 Å². The SMILES string of the molecule is O=C(CSCc1ccc([N+](=O)[O-])cc1)N/N=C\c1ccc2c(c1)OCO2. The van der Waals surface area contributed by atoms with Crippen LogP contribution in [0, 0.1) is 10.1 Å². The van der Waals surface area contributed by atoms with Crippen LogP contribution in [0.2, 0.25) is 0 Å². The van der Waals surface area contributed by atoms with E-state index in [4.69, 9.17) is 9.47 Å². The summed E-state index contributed by atoms with van der Waals surface area (Å²) in [6.45, 7) is 0.207. The van der Waals surface area contributed by atoms with Gasteiger partial charge in [-0.2, -0.15) is 5.10 Å². The number of hydrogen-bond acceptors (Lipinski definition) is 7. The number of ether oxygens (including phenoxy) is 2. The van der Waals surface area contributed by atoms with Crippen LogP contribution in [0.25, 0.3) is 0 Å². The van der Waals surface area contributed by atoms with Crippen molar-refractivity contribution in [2.75, 3.05) is 12.5 Å². The normalized spacial score (nSPS) is 12.3. The molecule has 134 valence electrons. The Bertz CT molecular complexity index is 839. The molecule has 9 heteroatoms. The summed E-state index contributed by atoms with van der Waals surface area (Å²) in [6, 6.07) is 11.6. The van der Waals surface area contributed by atoms with Gasteiger partial charge in [0.15, 0.2) is 11.5 Å². The van der Waals surface area contributed by atoms with E-state index in [-0.39, 0.29) is 24.1 Å². The van der Waals surface area contributed by atoms with Gasteiger partial charge in [0.1, 0.15) is 0 Å². The number of nitrogens with one attached hydrogen (secondary N) is 1. The van der Waals surface area contributed by atoms with E-state index < -0.39 is 4.92 Å². The monoisotopic (exact) mass is 373 g/mol. The Morgan fingerprint density at radius 3 is 2.77 bits per heavy atom. The van der Waals surface area contributed by atoms with Crippen molar-refractivity contribution in [3.63, 3.8) is 0 Å². The number of carbonyl (C=O) groups is 1. The second-order valence-corrected chi connectivity index (χ2v) is 6.31. The highest BCUT2D eigenvalue weighted by Crippen LogP contribution is 2.31. The number of nitro benzene ring substituents is 1. The molecule has 26 heavy (non-hydrogen) atoms. The Kier molecular flexibility index (Phi) is 5.69. The molecule has 0 bridgehead atoms. The quantitative estimate of drug-likeness (QED) is 0.455. The molecule has 0 saturated carbocycles. The van der Waals surface area contributed by atoms with Crippen LogP contribution in [0.5, 0.6) is 11.5 Å². The van der Waals surface area contributed by atoms with Gasteiger partial charge in [-0.3, -0.25) is 14.9 Å². The largest absolute Gasteiger partial charge is 0.454 e. The molecule has 3 rings (SSSR count). The first kappa shape index (κ1) is 17.7. The molecule has 0 unspecified atom stereocenters. The minimum Gasteiger partial charge on any atom is -0.454 e. The number of nitrogens with zero attached hydrogens (tertiary/aromatic N) is 2. The summed E-state index contributed by atoms with van der Waals surface area (Å²) in [5, 5.41) is 14.5. The van der Waals surface area contributed by atoms with E-state index in [1.54, 1.807) is 24.3 Å². The lowest BCUT2D eigenvalue weighted by atomic mass is 10.2. The fourth-order valence-corrected chi connectivity index (χ4v) is 2.96. The Morgan fingerprint density at radius 2 is 2.00 bits per heavy atom. The topological polar surface area (TPSA) is 103 Å². The smallest absolute Gasteiger partial charge is 0.269 e. The van der Waals surface area contributed by atoms with Crippen molar-refractivity contribution >= 4 is 29.6 Å². The Hall–Kier alpha value is -3.07. The van der Waals surface area contributed by atoms with Crippen molar-refractivity contribution in [3.05, 3.63) is 63.7 Å². The highest BCUT2D eigenvalue weighted by Gasteiger charge is 2.12. The van der Waals surface area contributed by atoms with Gasteiger partial charge in [0.25, 0.3) is 5.69 Å². The number of carbonyl (C=O) groups excluding carboxylic acids is 1. The molecule has 2 aromatic rings. The molecule has 1 amide bonds. The van der Waals surface area contributed by atoms with E-state index in [0.717, 1.165) is 11.1 Å². The van der Waals surface area contributed by atoms with E-state index >= 15 is 0 Å². The first-order valence-electron chi connectivity index (χ1n) is 7.64. The molecule has 1 aliphatic heterocycles. The van der Waals surface area contributed by atoms with Gasteiger partial charge in [-0.1, -0.05) is 12.1 Å². The van der Waals surface area contributed by atoms with Crippen molar-refractivity contribution in [2.24, 2.45) is 5.10 Å². The van der Waals surface area contributed by atoms with Crippen LogP contribution in [-0.4, -0.2) is 29.6 Å². The van der Waals surface area contributed by atoms with Crippen molar-refractivity contribution < 1.29 is 19.2 Å². The average Bonchev–Trinajstić information content (AvgIpc) is 3.10. The van der Waals surface area contributed by atoms with E-state index in [1.807, 2.05) is 6.07 Å². The van der Waals surface area contributed by atoms with Gasteiger partial charge >= 0.3 is 0 Å². The van der Waals surface area contributed by atoms with Crippen molar-refractivity contribution in [1.29, 1.82) is 0 Å². The van der Waals surface area contributed by atoms with Crippen LogP contribution in [0.3, 0.4) is 0 Å². The van der Waals surface area contributed by atoms with Crippen LogP contribution >= 0.6 is 11.8 Å². The number of benzene rings is 2. The standard InChI is InChI=1S/C17H15N3O5S/c21-17(10-26-9-12-1-4-14(5-2-12)20(22)23)19-18-8-13-3-6-15-16(7-13)25-11-24-15/h1-8H,9-11H2,(H,19,21)/b18-8-. The maximum atomic E-state index is 11.8. The summed E-state index contributed by atoms with van der Waals surface area (Å²) in [6.07, 6.45) is 1.53. The lowest BCUT2D eigenvalue weighted by Gasteiger charge is -2.02. The maximum Gasteiger partial charge on any atom is 0.269 e. The Labute approximate surface area is 153 Å². The highest BCUT2D eigenvalue weighted by atomic mass is 32.2. The molecule has 1 aliphatic rings.